The van der Waals surface area contributed by atoms with E-state index in [2.05, 4.69) is 18.3 Å². The van der Waals surface area contributed by atoms with Crippen molar-refractivity contribution in [1.29, 1.82) is 0 Å². The van der Waals surface area contributed by atoms with Gasteiger partial charge in [-0.3, -0.25) is 9.59 Å². The second-order valence-electron chi connectivity index (χ2n) is 5.38. The number of unbranched alkanes of at least 4 members (excludes halogenated alkanes) is 1. The van der Waals surface area contributed by atoms with Gasteiger partial charge in [-0.05, 0) is 18.9 Å². The molecule has 2 amide bonds. The van der Waals surface area contributed by atoms with Crippen molar-refractivity contribution in [3.8, 4) is 0 Å². The monoisotopic (exact) mass is 290 g/mol. The van der Waals surface area contributed by atoms with Crippen molar-refractivity contribution in [2.45, 2.75) is 46.6 Å². The van der Waals surface area contributed by atoms with E-state index >= 15 is 0 Å². The summed E-state index contributed by atoms with van der Waals surface area (Å²) in [4.78, 5) is 25.1. The Labute approximate surface area is 127 Å². The van der Waals surface area contributed by atoms with Gasteiger partial charge in [0.2, 0.25) is 11.8 Å². The lowest BCUT2D eigenvalue weighted by Gasteiger charge is -2.20. The lowest BCUT2D eigenvalue weighted by molar-refractivity contribution is -0.129. The first kappa shape index (κ1) is 17.2. The zero-order valence-corrected chi connectivity index (χ0v) is 13.3. The zero-order chi connectivity index (χ0) is 15.7. The van der Waals surface area contributed by atoms with Gasteiger partial charge in [0.1, 0.15) is 0 Å². The van der Waals surface area contributed by atoms with Gasteiger partial charge in [-0.1, -0.05) is 43.2 Å². The Morgan fingerprint density at radius 3 is 2.62 bits per heavy atom. The molecule has 1 rings (SSSR count). The number of aryl methyl sites for hydroxylation is 1. The third-order valence-corrected chi connectivity index (χ3v) is 3.41. The summed E-state index contributed by atoms with van der Waals surface area (Å²) in [6.07, 6.45) is 2.38. The number of nitrogens with one attached hydrogen (secondary N) is 1. The maximum Gasteiger partial charge on any atom is 0.222 e. The van der Waals surface area contributed by atoms with E-state index in [-0.39, 0.29) is 11.8 Å². The SMILES string of the molecule is CCCCN(CCC(=O)NCc1cccc(C)c1)C(C)=O. The highest BCUT2D eigenvalue weighted by molar-refractivity contribution is 5.78. The molecule has 0 spiro atoms. The molecule has 0 radical (unpaired) electrons. The van der Waals surface area contributed by atoms with Crippen LogP contribution in [-0.4, -0.2) is 29.8 Å². The summed E-state index contributed by atoms with van der Waals surface area (Å²) in [5.41, 5.74) is 2.28. The molecule has 0 unspecified atom stereocenters. The molecule has 1 N–H and O–H groups in total. The molecule has 0 aromatic heterocycles. The molecule has 0 aliphatic heterocycles. The Morgan fingerprint density at radius 1 is 1.24 bits per heavy atom. The number of hydrogen-bond donors (Lipinski definition) is 1. The van der Waals surface area contributed by atoms with Gasteiger partial charge in [-0.2, -0.15) is 0 Å². The fourth-order valence-electron chi connectivity index (χ4n) is 2.12. The van der Waals surface area contributed by atoms with Crippen molar-refractivity contribution in [3.05, 3.63) is 35.4 Å². The molecule has 0 aliphatic carbocycles. The van der Waals surface area contributed by atoms with Crippen LogP contribution >= 0.6 is 0 Å². The second kappa shape index (κ2) is 9.16. The van der Waals surface area contributed by atoms with E-state index in [1.807, 2.05) is 25.1 Å². The highest BCUT2D eigenvalue weighted by Crippen LogP contribution is 2.03. The van der Waals surface area contributed by atoms with E-state index in [0.717, 1.165) is 24.9 Å². The summed E-state index contributed by atoms with van der Waals surface area (Å²) in [7, 11) is 0. The molecule has 4 nitrogen and oxygen atoms in total. The molecule has 4 heteroatoms. The molecule has 0 aliphatic rings. The van der Waals surface area contributed by atoms with Crippen LogP contribution in [0, 0.1) is 6.92 Å². The molecule has 1 aromatic rings. The Kier molecular flexibility index (Phi) is 7.51. The van der Waals surface area contributed by atoms with Gasteiger partial charge < -0.3 is 10.2 Å². The van der Waals surface area contributed by atoms with Crippen LogP contribution in [0.1, 0.15) is 44.2 Å². The summed E-state index contributed by atoms with van der Waals surface area (Å²) in [6.45, 7) is 7.44. The lowest BCUT2D eigenvalue weighted by atomic mass is 10.1. The van der Waals surface area contributed by atoms with Crippen LogP contribution in [-0.2, 0) is 16.1 Å². The van der Waals surface area contributed by atoms with Gasteiger partial charge in [-0.25, -0.2) is 0 Å². The van der Waals surface area contributed by atoms with Crippen LogP contribution in [0.4, 0.5) is 0 Å². The second-order valence-corrected chi connectivity index (χ2v) is 5.38. The van der Waals surface area contributed by atoms with Gasteiger partial charge in [0, 0.05) is 33.0 Å². The Bertz CT molecular complexity index is 472. The average Bonchev–Trinajstić information content (AvgIpc) is 2.45. The average molecular weight is 290 g/mol. The minimum Gasteiger partial charge on any atom is -0.352 e. The summed E-state index contributed by atoms with van der Waals surface area (Å²) in [6, 6.07) is 8.07. The Hall–Kier alpha value is -1.84. The van der Waals surface area contributed by atoms with Crippen LogP contribution in [0.25, 0.3) is 0 Å². The third-order valence-electron chi connectivity index (χ3n) is 3.41. The number of amides is 2. The first-order valence-electron chi connectivity index (χ1n) is 7.60. The van der Waals surface area contributed by atoms with Crippen molar-refractivity contribution in [3.63, 3.8) is 0 Å². The van der Waals surface area contributed by atoms with Crippen LogP contribution in [0.3, 0.4) is 0 Å². The van der Waals surface area contributed by atoms with Gasteiger partial charge in [-0.15, -0.1) is 0 Å². The van der Waals surface area contributed by atoms with Gasteiger partial charge in [0.15, 0.2) is 0 Å². The molecule has 21 heavy (non-hydrogen) atoms. The first-order valence-corrected chi connectivity index (χ1v) is 7.60. The maximum atomic E-state index is 11.9. The quantitative estimate of drug-likeness (QED) is 0.800. The topological polar surface area (TPSA) is 49.4 Å². The van der Waals surface area contributed by atoms with Crippen molar-refractivity contribution < 1.29 is 9.59 Å². The normalized spacial score (nSPS) is 10.2. The maximum absolute atomic E-state index is 11.9. The predicted molar refractivity (Wildman–Crippen MR) is 84.8 cm³/mol. The number of carbonyl (C=O) groups is 2. The van der Waals surface area contributed by atoms with E-state index in [0.29, 0.717) is 19.5 Å². The number of carbonyl (C=O) groups excluding carboxylic acids is 2. The van der Waals surface area contributed by atoms with Crippen LogP contribution in [0.5, 0.6) is 0 Å². The van der Waals surface area contributed by atoms with E-state index in [1.54, 1.807) is 11.8 Å². The minimum atomic E-state index is -0.0146. The highest BCUT2D eigenvalue weighted by atomic mass is 16.2. The fourth-order valence-corrected chi connectivity index (χ4v) is 2.12. The van der Waals surface area contributed by atoms with Crippen LogP contribution < -0.4 is 5.32 Å². The molecular formula is C17H26N2O2. The summed E-state index contributed by atoms with van der Waals surface area (Å²) in [5.74, 6) is 0.0224. The fraction of sp³-hybridized carbons (Fsp3) is 0.529. The minimum absolute atomic E-state index is 0.0146. The van der Waals surface area contributed by atoms with Crippen LogP contribution in [0.2, 0.25) is 0 Å². The first-order chi connectivity index (χ1) is 10.0. The van der Waals surface area contributed by atoms with Gasteiger partial charge in [0.05, 0.1) is 0 Å². The molecule has 0 atom stereocenters. The molecule has 116 valence electrons. The van der Waals surface area contributed by atoms with Crippen molar-refractivity contribution in [2.75, 3.05) is 13.1 Å². The molecule has 0 saturated carbocycles. The van der Waals surface area contributed by atoms with Gasteiger partial charge in [0.25, 0.3) is 0 Å². The smallest absolute Gasteiger partial charge is 0.222 e. The number of benzene rings is 1. The molecule has 0 fully saturated rings. The highest BCUT2D eigenvalue weighted by Gasteiger charge is 2.10. The number of nitrogens with zero attached hydrogens (tertiary/aromatic N) is 1. The zero-order valence-electron chi connectivity index (χ0n) is 13.3. The third kappa shape index (κ3) is 6.93. The molecule has 0 saturated heterocycles. The van der Waals surface area contributed by atoms with Crippen LogP contribution in [0.15, 0.2) is 24.3 Å². The standard InChI is InChI=1S/C17H26N2O2/c1-4-5-10-19(15(3)20)11-9-17(21)18-13-16-8-6-7-14(2)12-16/h6-8,12H,4-5,9-11,13H2,1-3H3,(H,18,21). The van der Waals surface area contributed by atoms with E-state index < -0.39 is 0 Å². The summed E-state index contributed by atoms with van der Waals surface area (Å²) >= 11 is 0. The van der Waals surface area contributed by atoms with Crippen molar-refractivity contribution in [2.24, 2.45) is 0 Å². The van der Waals surface area contributed by atoms with E-state index in [4.69, 9.17) is 0 Å². The Morgan fingerprint density at radius 2 is 2.00 bits per heavy atom. The molecule has 0 heterocycles. The summed E-state index contributed by atoms with van der Waals surface area (Å²) < 4.78 is 0. The van der Waals surface area contributed by atoms with E-state index in [9.17, 15) is 9.59 Å². The largest absolute Gasteiger partial charge is 0.352 e. The summed E-state index contributed by atoms with van der Waals surface area (Å²) in [5, 5.41) is 2.90. The molecule has 0 bridgehead atoms. The lowest BCUT2D eigenvalue weighted by Crippen LogP contribution is -2.34. The number of rotatable bonds is 8. The van der Waals surface area contributed by atoms with Gasteiger partial charge >= 0.3 is 0 Å². The number of hydrogen-bond acceptors (Lipinski definition) is 2. The van der Waals surface area contributed by atoms with E-state index in [1.165, 1.54) is 5.56 Å². The Balaban J connectivity index is 2.34. The predicted octanol–water partition coefficient (Wildman–Crippen LogP) is 2.65. The molecular weight excluding hydrogens is 264 g/mol. The molecule has 1 aromatic carbocycles. The van der Waals surface area contributed by atoms with Crippen molar-refractivity contribution >= 4 is 11.8 Å². The van der Waals surface area contributed by atoms with Crippen molar-refractivity contribution in [1.82, 2.24) is 10.2 Å².